The molecule has 5 nitrogen and oxygen atoms in total. The summed E-state index contributed by atoms with van der Waals surface area (Å²) >= 11 is 3.39. The number of carbonyl (C=O) groups is 2. The molecule has 0 fully saturated rings. The zero-order valence-corrected chi connectivity index (χ0v) is 11.3. The van der Waals surface area contributed by atoms with E-state index in [0.29, 0.717) is 13.0 Å². The number of benzene rings is 1. The van der Waals surface area contributed by atoms with Crippen molar-refractivity contribution in [3.63, 3.8) is 0 Å². The van der Waals surface area contributed by atoms with Gasteiger partial charge in [-0.15, -0.1) is 0 Å². The zero-order chi connectivity index (χ0) is 13.1. The average Bonchev–Trinajstić information content (AvgIpc) is 2.61. The Labute approximate surface area is 112 Å². The van der Waals surface area contributed by atoms with E-state index in [9.17, 15) is 9.59 Å². The Morgan fingerprint density at radius 3 is 2.72 bits per heavy atom. The number of ether oxygens (including phenoxy) is 1. The van der Waals surface area contributed by atoms with Crippen LogP contribution in [-0.4, -0.2) is 24.3 Å². The molecule has 1 aromatic rings. The molecule has 3 amide bonds. The van der Waals surface area contributed by atoms with Crippen molar-refractivity contribution in [1.29, 1.82) is 0 Å². The minimum absolute atomic E-state index is 0.232. The van der Waals surface area contributed by atoms with Gasteiger partial charge in [0.15, 0.2) is 0 Å². The summed E-state index contributed by atoms with van der Waals surface area (Å²) in [4.78, 5) is 25.9. The summed E-state index contributed by atoms with van der Waals surface area (Å²) in [6.45, 7) is 2.49. The number of hydrogen-bond acceptors (Lipinski definition) is 3. The van der Waals surface area contributed by atoms with E-state index in [1.165, 1.54) is 0 Å². The van der Waals surface area contributed by atoms with Crippen molar-refractivity contribution in [2.45, 2.75) is 13.3 Å². The number of halogens is 1. The predicted molar refractivity (Wildman–Crippen MR) is 70.0 cm³/mol. The highest BCUT2D eigenvalue weighted by molar-refractivity contribution is 9.10. The van der Waals surface area contributed by atoms with Crippen LogP contribution in [0.25, 0.3) is 0 Å². The van der Waals surface area contributed by atoms with E-state index in [1.54, 1.807) is 0 Å². The Hall–Kier alpha value is -1.69. The van der Waals surface area contributed by atoms with Crippen LogP contribution in [0.2, 0.25) is 0 Å². The average molecular weight is 311 g/mol. The lowest BCUT2D eigenvalue weighted by Crippen LogP contribution is -2.26. The first-order valence-corrected chi connectivity index (χ1v) is 6.23. The normalized spacial score (nSPS) is 14.4. The molecule has 94 valence electrons. The smallest absolute Gasteiger partial charge is 0.348 e. The number of aliphatic imine (C=N–C) groups is 1. The highest BCUT2D eigenvalue weighted by Crippen LogP contribution is 2.26. The van der Waals surface area contributed by atoms with Gasteiger partial charge in [-0.2, -0.15) is 4.99 Å². The number of rotatable bonds is 4. The van der Waals surface area contributed by atoms with E-state index >= 15 is 0 Å². The molecule has 1 N–H and O–H groups in total. The van der Waals surface area contributed by atoms with E-state index in [0.717, 1.165) is 15.8 Å². The molecular weight excluding hydrogens is 300 g/mol. The first-order valence-electron chi connectivity index (χ1n) is 5.44. The van der Waals surface area contributed by atoms with Crippen LogP contribution in [0.15, 0.2) is 27.7 Å². The van der Waals surface area contributed by atoms with Gasteiger partial charge >= 0.3 is 6.03 Å². The van der Waals surface area contributed by atoms with Gasteiger partial charge in [0.25, 0.3) is 5.91 Å². The lowest BCUT2D eigenvalue weighted by atomic mass is 10.1. The van der Waals surface area contributed by atoms with Crippen molar-refractivity contribution >= 4 is 33.6 Å². The topological polar surface area (TPSA) is 67.8 Å². The van der Waals surface area contributed by atoms with Gasteiger partial charge < -0.3 is 4.74 Å². The number of nitrogens with one attached hydrogen (secondary N) is 1. The highest BCUT2D eigenvalue weighted by atomic mass is 79.9. The molecule has 0 radical (unpaired) electrons. The monoisotopic (exact) mass is 310 g/mol. The lowest BCUT2D eigenvalue weighted by Gasteiger charge is -2.07. The molecule has 0 saturated carbocycles. The summed E-state index contributed by atoms with van der Waals surface area (Å²) in [5, 5.41) is 2.12. The minimum Gasteiger partial charge on any atom is -0.493 e. The van der Waals surface area contributed by atoms with Crippen LogP contribution in [0.3, 0.4) is 0 Å². The van der Waals surface area contributed by atoms with E-state index in [-0.39, 0.29) is 5.71 Å². The van der Waals surface area contributed by atoms with E-state index in [2.05, 4.69) is 26.2 Å². The summed E-state index contributed by atoms with van der Waals surface area (Å²) in [6.07, 6.45) is 0.322. The molecule has 0 aliphatic carbocycles. The Kier molecular flexibility index (Phi) is 3.76. The molecule has 0 unspecified atom stereocenters. The zero-order valence-electron chi connectivity index (χ0n) is 9.70. The molecule has 1 aliphatic heterocycles. The number of amides is 3. The molecule has 0 atom stereocenters. The minimum atomic E-state index is -0.597. The largest absolute Gasteiger partial charge is 0.493 e. The van der Waals surface area contributed by atoms with E-state index < -0.39 is 11.9 Å². The fraction of sp³-hybridized carbons (Fsp3) is 0.250. The van der Waals surface area contributed by atoms with Crippen LogP contribution >= 0.6 is 15.9 Å². The second-order valence-corrected chi connectivity index (χ2v) is 4.55. The second-order valence-electron chi connectivity index (χ2n) is 3.69. The first kappa shape index (κ1) is 12.8. The summed E-state index contributed by atoms with van der Waals surface area (Å²) in [5.41, 5.74) is 1.12. The van der Waals surface area contributed by atoms with Gasteiger partial charge in [-0.1, -0.05) is 6.07 Å². The molecular formula is C12H11BrN2O3. The van der Waals surface area contributed by atoms with Gasteiger partial charge in [0.05, 0.1) is 11.1 Å². The van der Waals surface area contributed by atoms with Gasteiger partial charge in [0, 0.05) is 6.42 Å². The number of urea groups is 1. The van der Waals surface area contributed by atoms with Crippen LogP contribution in [0.1, 0.15) is 12.5 Å². The van der Waals surface area contributed by atoms with Gasteiger partial charge in [-0.25, -0.2) is 4.79 Å². The van der Waals surface area contributed by atoms with E-state index in [1.807, 2.05) is 25.1 Å². The van der Waals surface area contributed by atoms with Crippen LogP contribution < -0.4 is 10.1 Å². The van der Waals surface area contributed by atoms with E-state index in [4.69, 9.17) is 4.74 Å². The van der Waals surface area contributed by atoms with Crippen molar-refractivity contribution in [3.05, 3.63) is 28.2 Å². The van der Waals surface area contributed by atoms with Crippen LogP contribution in [0, 0.1) is 0 Å². The fourth-order valence-corrected chi connectivity index (χ4v) is 2.15. The molecule has 0 bridgehead atoms. The number of hydrogen-bond donors (Lipinski definition) is 1. The maximum Gasteiger partial charge on any atom is 0.348 e. The summed E-state index contributed by atoms with van der Waals surface area (Å²) < 4.78 is 6.20. The lowest BCUT2D eigenvalue weighted by molar-refractivity contribution is -0.113. The summed E-state index contributed by atoms with van der Waals surface area (Å²) in [6, 6.07) is 4.91. The number of nitrogens with zero attached hydrogens (tertiary/aromatic N) is 1. The Morgan fingerprint density at radius 1 is 1.39 bits per heavy atom. The fourth-order valence-electron chi connectivity index (χ4n) is 1.61. The standard InChI is InChI=1S/C12H11BrN2O3/c1-2-18-10-4-3-7(5-8(10)13)6-9-11(16)15-12(17)14-9/h3-5H,2,6H2,1H3,(H,15,16,17). The molecule has 1 aliphatic rings. The third kappa shape index (κ3) is 2.76. The predicted octanol–water partition coefficient (Wildman–Crippen LogP) is 2.08. The Morgan fingerprint density at radius 2 is 2.17 bits per heavy atom. The summed E-state index contributed by atoms with van der Waals surface area (Å²) in [5.74, 6) is 0.320. The van der Waals surface area contributed by atoms with Crippen LogP contribution in [0.5, 0.6) is 5.75 Å². The second kappa shape index (κ2) is 5.30. The summed E-state index contributed by atoms with van der Waals surface area (Å²) in [7, 11) is 0. The van der Waals surface area contributed by atoms with Crippen molar-refractivity contribution in [2.75, 3.05) is 6.61 Å². The van der Waals surface area contributed by atoms with Gasteiger partial charge in [0.2, 0.25) is 0 Å². The third-order valence-corrected chi connectivity index (χ3v) is 3.01. The Balaban J connectivity index is 2.16. The van der Waals surface area contributed by atoms with Crippen molar-refractivity contribution < 1.29 is 14.3 Å². The van der Waals surface area contributed by atoms with Crippen molar-refractivity contribution in [3.8, 4) is 5.75 Å². The molecule has 0 aromatic heterocycles. The third-order valence-electron chi connectivity index (χ3n) is 2.39. The first-order chi connectivity index (χ1) is 8.60. The maximum absolute atomic E-state index is 11.3. The van der Waals surface area contributed by atoms with Crippen LogP contribution in [-0.2, 0) is 11.2 Å². The highest BCUT2D eigenvalue weighted by Gasteiger charge is 2.22. The maximum atomic E-state index is 11.3. The molecule has 0 saturated heterocycles. The quantitative estimate of drug-likeness (QED) is 0.925. The van der Waals surface area contributed by atoms with Gasteiger partial charge in [-0.3, -0.25) is 10.1 Å². The molecule has 2 rings (SSSR count). The SMILES string of the molecule is CCOc1ccc(CC2=NC(=O)NC2=O)cc1Br. The molecule has 1 heterocycles. The van der Waals surface area contributed by atoms with Crippen molar-refractivity contribution in [1.82, 2.24) is 5.32 Å². The Bertz CT molecular complexity index is 540. The molecule has 6 heteroatoms. The van der Waals surface area contributed by atoms with Crippen molar-refractivity contribution in [2.24, 2.45) is 4.99 Å². The van der Waals surface area contributed by atoms with Gasteiger partial charge in [0.1, 0.15) is 11.5 Å². The van der Waals surface area contributed by atoms with Gasteiger partial charge in [-0.05, 0) is 40.5 Å². The van der Waals surface area contributed by atoms with Crippen LogP contribution in [0.4, 0.5) is 4.79 Å². The number of carbonyl (C=O) groups excluding carboxylic acids is 2. The molecule has 1 aromatic carbocycles. The number of imide groups is 1. The molecule has 0 spiro atoms. The molecule has 18 heavy (non-hydrogen) atoms.